The molecule has 0 rings (SSSR count). The normalized spacial score (nSPS) is 12.0. The number of aliphatic hydroxyl groups excluding tert-OH is 1. The van der Waals surface area contributed by atoms with Crippen LogP contribution in [0.3, 0.4) is 0 Å². The first kappa shape index (κ1) is 34.3. The summed E-state index contributed by atoms with van der Waals surface area (Å²) in [4.78, 5) is 0. The highest BCUT2D eigenvalue weighted by atomic mass is 16.2. The Hall–Kier alpha value is -0.300. The molecule has 0 amide bonds. The Bertz CT molecular complexity index is 346. The highest BCUT2D eigenvalue weighted by Gasteiger charge is 2.31. The molecule has 0 saturated heterocycles. The zero-order chi connectivity index (χ0) is 24.9. The van der Waals surface area contributed by atoms with Crippen molar-refractivity contribution in [2.45, 2.75) is 111 Å². The molecule has 0 aromatic carbocycles. The second kappa shape index (κ2) is 17.3. The standard InChI is InChI=1S/C14H30.C14H28.CH4O/c2*1-9(2)13(10(3)4)14(11(5)6)12(7)8;1-2/h9-14H,1-8H3;9-12H,1-8H3;2H,1H3. The van der Waals surface area contributed by atoms with Gasteiger partial charge in [-0.1, -0.05) is 122 Å². The van der Waals surface area contributed by atoms with Gasteiger partial charge < -0.3 is 5.11 Å². The molecule has 1 nitrogen and oxygen atoms in total. The molecule has 0 bridgehead atoms. The van der Waals surface area contributed by atoms with E-state index in [-0.39, 0.29) is 0 Å². The zero-order valence-corrected chi connectivity index (χ0v) is 24.2. The molecule has 184 valence electrons. The van der Waals surface area contributed by atoms with Crippen molar-refractivity contribution in [3.8, 4) is 0 Å². The molecule has 0 aliphatic carbocycles. The summed E-state index contributed by atoms with van der Waals surface area (Å²) in [5, 5.41) is 7.00. The number of aliphatic hydroxyl groups is 1. The lowest BCUT2D eigenvalue weighted by molar-refractivity contribution is 0.101. The second-order valence-corrected chi connectivity index (χ2v) is 11.7. The minimum Gasteiger partial charge on any atom is -0.400 e. The van der Waals surface area contributed by atoms with E-state index in [9.17, 15) is 0 Å². The monoisotopic (exact) mass is 426 g/mol. The van der Waals surface area contributed by atoms with E-state index in [4.69, 9.17) is 5.11 Å². The molecule has 0 atom stereocenters. The third-order valence-corrected chi connectivity index (χ3v) is 6.35. The fourth-order valence-corrected chi connectivity index (χ4v) is 5.98. The fourth-order valence-electron chi connectivity index (χ4n) is 5.98. The molecule has 0 aromatic rings. The average Bonchev–Trinajstić information content (AvgIpc) is 2.56. The Labute approximate surface area is 193 Å². The van der Waals surface area contributed by atoms with Crippen LogP contribution >= 0.6 is 0 Å². The van der Waals surface area contributed by atoms with Crippen molar-refractivity contribution < 1.29 is 5.11 Å². The summed E-state index contributed by atoms with van der Waals surface area (Å²) in [7, 11) is 1.00. The fraction of sp³-hybridized carbons (Fsp3) is 0.931. The van der Waals surface area contributed by atoms with Crippen LogP contribution in [0.15, 0.2) is 11.1 Å². The molecule has 0 heterocycles. The molecule has 0 fully saturated rings. The van der Waals surface area contributed by atoms with Gasteiger partial charge in [-0.25, -0.2) is 0 Å². The minimum atomic E-state index is 0.690. The Morgan fingerprint density at radius 2 is 0.467 bits per heavy atom. The van der Waals surface area contributed by atoms with Crippen LogP contribution in [-0.2, 0) is 0 Å². The quantitative estimate of drug-likeness (QED) is 0.364. The van der Waals surface area contributed by atoms with Crippen LogP contribution in [0.2, 0.25) is 0 Å². The molecule has 1 N–H and O–H groups in total. The molecule has 1 heteroatoms. The summed E-state index contributed by atoms with van der Waals surface area (Å²) in [6, 6.07) is 0. The highest BCUT2D eigenvalue weighted by molar-refractivity contribution is 5.21. The average molecular weight is 427 g/mol. The SMILES string of the molecule is CC(C)C(=C(C(C)C)C(C)C)C(C)C.CC(C)C(C(C)C)C(C(C)C)C(C)C.CO. The summed E-state index contributed by atoms with van der Waals surface area (Å²) in [5.74, 6) is 7.74. The predicted molar refractivity (Wildman–Crippen MR) is 141 cm³/mol. The van der Waals surface area contributed by atoms with Crippen LogP contribution in [0.5, 0.6) is 0 Å². The Morgan fingerprint density at radius 3 is 0.533 bits per heavy atom. The van der Waals surface area contributed by atoms with Gasteiger partial charge in [0.1, 0.15) is 0 Å². The van der Waals surface area contributed by atoms with Crippen molar-refractivity contribution in [3.63, 3.8) is 0 Å². The summed E-state index contributed by atoms with van der Waals surface area (Å²) >= 11 is 0. The molecule has 0 unspecified atom stereocenters. The molecular weight excluding hydrogens is 364 g/mol. The van der Waals surface area contributed by atoms with Crippen LogP contribution in [-0.4, -0.2) is 12.2 Å². The van der Waals surface area contributed by atoms with E-state index in [1.165, 1.54) is 0 Å². The van der Waals surface area contributed by atoms with Gasteiger partial charge in [-0.15, -0.1) is 0 Å². The molecule has 0 aliphatic heterocycles. The van der Waals surface area contributed by atoms with Crippen LogP contribution in [0.1, 0.15) is 111 Å². The second-order valence-electron chi connectivity index (χ2n) is 11.7. The smallest absolute Gasteiger partial charge is 0.0319 e. The third-order valence-electron chi connectivity index (χ3n) is 6.35. The van der Waals surface area contributed by atoms with Gasteiger partial charge in [-0.3, -0.25) is 0 Å². The van der Waals surface area contributed by atoms with Gasteiger partial charge in [0, 0.05) is 7.11 Å². The lowest BCUT2D eigenvalue weighted by Gasteiger charge is -2.38. The van der Waals surface area contributed by atoms with Crippen molar-refractivity contribution in [2.24, 2.45) is 59.2 Å². The lowest BCUT2D eigenvalue weighted by atomic mass is 9.67. The summed E-state index contributed by atoms with van der Waals surface area (Å²) in [6.07, 6.45) is 0. The lowest BCUT2D eigenvalue weighted by Crippen LogP contribution is -2.32. The van der Waals surface area contributed by atoms with E-state index in [0.717, 1.165) is 42.6 Å². The summed E-state index contributed by atoms with van der Waals surface area (Å²) in [5.41, 5.74) is 3.35. The molecule has 0 spiro atoms. The molecule has 0 radical (unpaired) electrons. The number of hydrogen-bond acceptors (Lipinski definition) is 1. The van der Waals surface area contributed by atoms with E-state index in [2.05, 4.69) is 111 Å². The zero-order valence-electron chi connectivity index (χ0n) is 24.2. The third kappa shape index (κ3) is 12.5. The van der Waals surface area contributed by atoms with Gasteiger partial charge >= 0.3 is 0 Å². The Balaban J connectivity index is -0.000000448. The van der Waals surface area contributed by atoms with Crippen LogP contribution < -0.4 is 0 Å². The van der Waals surface area contributed by atoms with Crippen LogP contribution in [0, 0.1) is 59.2 Å². The summed E-state index contributed by atoms with van der Waals surface area (Å²) < 4.78 is 0. The van der Waals surface area contributed by atoms with Crippen molar-refractivity contribution >= 4 is 0 Å². The topological polar surface area (TPSA) is 20.2 Å². The van der Waals surface area contributed by atoms with Gasteiger partial charge in [0.25, 0.3) is 0 Å². The predicted octanol–water partition coefficient (Wildman–Crippen LogP) is 9.36. The van der Waals surface area contributed by atoms with E-state index >= 15 is 0 Å². The highest BCUT2D eigenvalue weighted by Crippen LogP contribution is 2.38. The van der Waals surface area contributed by atoms with E-state index < -0.39 is 0 Å². The molecule has 0 aliphatic rings. The number of allylic oxidation sites excluding steroid dienone is 2. The van der Waals surface area contributed by atoms with E-state index in [1.807, 2.05) is 0 Å². The maximum absolute atomic E-state index is 7.00. The van der Waals surface area contributed by atoms with Gasteiger partial charge in [-0.05, 0) is 59.2 Å². The molecule has 30 heavy (non-hydrogen) atoms. The van der Waals surface area contributed by atoms with Crippen molar-refractivity contribution in [3.05, 3.63) is 11.1 Å². The van der Waals surface area contributed by atoms with Crippen LogP contribution in [0.4, 0.5) is 0 Å². The van der Waals surface area contributed by atoms with Crippen molar-refractivity contribution in [2.75, 3.05) is 7.11 Å². The largest absolute Gasteiger partial charge is 0.400 e. The maximum atomic E-state index is 7.00. The summed E-state index contributed by atoms with van der Waals surface area (Å²) in [6.45, 7) is 37.6. The van der Waals surface area contributed by atoms with Crippen molar-refractivity contribution in [1.82, 2.24) is 0 Å². The first-order valence-electron chi connectivity index (χ1n) is 12.8. The van der Waals surface area contributed by atoms with Gasteiger partial charge in [0.05, 0.1) is 0 Å². The van der Waals surface area contributed by atoms with Crippen molar-refractivity contribution in [1.29, 1.82) is 0 Å². The van der Waals surface area contributed by atoms with E-state index in [0.29, 0.717) is 23.7 Å². The molecular formula is C29H62O. The minimum absolute atomic E-state index is 0.690. The number of hydrogen-bond donors (Lipinski definition) is 1. The first-order chi connectivity index (χ1) is 13.6. The van der Waals surface area contributed by atoms with Gasteiger partial charge in [0.15, 0.2) is 0 Å². The Kier molecular flexibility index (Phi) is 19.8. The van der Waals surface area contributed by atoms with Crippen LogP contribution in [0.25, 0.3) is 0 Å². The number of rotatable bonds is 9. The first-order valence-corrected chi connectivity index (χ1v) is 12.8. The van der Waals surface area contributed by atoms with Gasteiger partial charge in [-0.2, -0.15) is 0 Å². The maximum Gasteiger partial charge on any atom is 0.0319 e. The molecule has 0 saturated carbocycles. The molecule has 0 aromatic heterocycles. The Morgan fingerprint density at radius 1 is 0.333 bits per heavy atom. The van der Waals surface area contributed by atoms with Gasteiger partial charge in [0.2, 0.25) is 0 Å². The van der Waals surface area contributed by atoms with E-state index in [1.54, 1.807) is 11.1 Å².